The molecule has 0 saturated carbocycles. The summed E-state index contributed by atoms with van der Waals surface area (Å²) in [7, 11) is -5.46. The van der Waals surface area contributed by atoms with Crippen LogP contribution >= 0.6 is 34.7 Å². The summed E-state index contributed by atoms with van der Waals surface area (Å²) in [6, 6.07) is 29.8. The molecule has 0 amide bonds. The minimum Gasteiger partial charge on any atom is -0.497 e. The van der Waals surface area contributed by atoms with Gasteiger partial charge in [0.15, 0.2) is 0 Å². The van der Waals surface area contributed by atoms with Crippen molar-refractivity contribution in [2.75, 3.05) is 69.3 Å². The van der Waals surface area contributed by atoms with E-state index in [1.807, 2.05) is 36.4 Å². The summed E-state index contributed by atoms with van der Waals surface area (Å²) in [5, 5.41) is 2.39. The molecule has 0 radical (unpaired) electrons. The lowest BCUT2D eigenvalue weighted by molar-refractivity contribution is 0.384. The Morgan fingerprint density at radius 3 is 1.40 bits per heavy atom. The minimum atomic E-state index is -3.51. The number of benzene rings is 4. The molecule has 6 aromatic rings. The number of rotatable bonds is 11. The predicted molar refractivity (Wildman–Crippen MR) is 248 cm³/mol. The number of anilines is 2. The molecule has 8 rings (SSSR count). The Bertz CT molecular complexity index is 2620. The van der Waals surface area contributed by atoms with Crippen molar-refractivity contribution in [3.8, 4) is 5.75 Å². The van der Waals surface area contributed by atoms with Crippen molar-refractivity contribution >= 4 is 65.0 Å². The Kier molecular flexibility index (Phi) is 14.3. The van der Waals surface area contributed by atoms with Crippen LogP contribution in [0.1, 0.15) is 54.7 Å². The number of hydrogen-bond donors (Lipinski definition) is 0. The van der Waals surface area contributed by atoms with Gasteiger partial charge in [0.05, 0.1) is 16.9 Å². The Labute approximate surface area is 378 Å². The fourth-order valence-electron chi connectivity index (χ4n) is 6.98. The van der Waals surface area contributed by atoms with Crippen LogP contribution in [0.25, 0.3) is 0 Å². The van der Waals surface area contributed by atoms with Gasteiger partial charge in [0.2, 0.25) is 30.3 Å². The number of sulfonamides is 2. The van der Waals surface area contributed by atoms with Gasteiger partial charge in [-0.1, -0.05) is 86.5 Å². The van der Waals surface area contributed by atoms with E-state index in [-0.39, 0.29) is 10.3 Å². The summed E-state index contributed by atoms with van der Waals surface area (Å²) in [4.78, 5) is 14.2. The van der Waals surface area contributed by atoms with E-state index in [9.17, 15) is 16.8 Å². The lowest BCUT2D eigenvalue weighted by Gasteiger charge is -2.33. The van der Waals surface area contributed by atoms with Crippen LogP contribution in [0.5, 0.6) is 5.75 Å². The number of aromatic nitrogens is 4. The van der Waals surface area contributed by atoms with Crippen LogP contribution < -0.4 is 14.5 Å². The topological polar surface area (TPSA) is 142 Å². The lowest BCUT2D eigenvalue weighted by atomic mass is 9.87. The highest BCUT2D eigenvalue weighted by Gasteiger charge is 2.31. The molecule has 328 valence electrons. The quantitative estimate of drug-likeness (QED) is 0.127. The molecule has 0 atom stereocenters. The van der Waals surface area contributed by atoms with E-state index in [4.69, 9.17) is 16.3 Å². The highest BCUT2D eigenvalue weighted by Crippen LogP contribution is 2.28. The number of piperazine rings is 2. The largest absolute Gasteiger partial charge is 0.497 e. The maximum absolute atomic E-state index is 13.1. The number of halogens is 1. The van der Waals surface area contributed by atoms with Gasteiger partial charge in [0.1, 0.15) is 17.4 Å². The second kappa shape index (κ2) is 19.5. The second-order valence-electron chi connectivity index (χ2n) is 16.2. The molecule has 4 aromatic carbocycles. The molecule has 2 aliphatic heterocycles. The third kappa shape index (κ3) is 11.2. The predicted octanol–water partition coefficient (Wildman–Crippen LogP) is 7.55. The van der Waals surface area contributed by atoms with Gasteiger partial charge in [0, 0.05) is 93.3 Å². The van der Waals surface area contributed by atoms with Crippen molar-refractivity contribution in [3.63, 3.8) is 0 Å². The van der Waals surface area contributed by atoms with Gasteiger partial charge in [-0.3, -0.25) is 0 Å². The number of methoxy groups -OCH3 is 1. The van der Waals surface area contributed by atoms with Gasteiger partial charge in [0.25, 0.3) is 0 Å². The third-order valence-electron chi connectivity index (χ3n) is 10.7. The summed E-state index contributed by atoms with van der Waals surface area (Å²) in [5.74, 6) is 2.20. The summed E-state index contributed by atoms with van der Waals surface area (Å²) in [5.41, 5.74) is 4.62. The van der Waals surface area contributed by atoms with Crippen molar-refractivity contribution in [2.45, 2.75) is 55.7 Å². The van der Waals surface area contributed by atoms with E-state index in [0.29, 0.717) is 80.9 Å². The Morgan fingerprint density at radius 2 is 1.00 bits per heavy atom. The maximum Gasteiger partial charge on any atom is 0.243 e. The van der Waals surface area contributed by atoms with Crippen molar-refractivity contribution in [2.24, 2.45) is 0 Å². The zero-order valence-electron chi connectivity index (χ0n) is 35.4. The van der Waals surface area contributed by atoms with Gasteiger partial charge in [-0.2, -0.15) is 17.4 Å². The van der Waals surface area contributed by atoms with Crippen LogP contribution in [0, 0.1) is 6.92 Å². The minimum absolute atomic E-state index is 0.0118. The third-order valence-corrected chi connectivity index (χ3v) is 16.5. The van der Waals surface area contributed by atoms with Crippen molar-refractivity contribution in [3.05, 3.63) is 136 Å². The molecule has 18 heteroatoms. The fraction of sp³-hybridized carbons (Fsp3) is 0.364. The van der Waals surface area contributed by atoms with E-state index >= 15 is 0 Å². The Balaban J connectivity index is 0.000000187. The normalized spacial score (nSPS) is 15.6. The highest BCUT2D eigenvalue weighted by atomic mass is 35.5. The molecule has 0 aliphatic carbocycles. The Hall–Kier alpha value is -4.49. The van der Waals surface area contributed by atoms with E-state index in [0.717, 1.165) is 33.0 Å². The van der Waals surface area contributed by atoms with Gasteiger partial charge in [-0.15, -0.1) is 0 Å². The Morgan fingerprint density at radius 1 is 0.597 bits per heavy atom. The smallest absolute Gasteiger partial charge is 0.243 e. The van der Waals surface area contributed by atoms with Gasteiger partial charge < -0.3 is 14.5 Å². The van der Waals surface area contributed by atoms with E-state index in [2.05, 4.69) is 80.5 Å². The van der Waals surface area contributed by atoms with Crippen molar-refractivity contribution in [1.29, 1.82) is 0 Å². The van der Waals surface area contributed by atoms with E-state index < -0.39 is 20.0 Å². The van der Waals surface area contributed by atoms with Gasteiger partial charge >= 0.3 is 0 Å². The van der Waals surface area contributed by atoms with E-state index in [1.165, 1.54) is 38.5 Å². The molecule has 13 nitrogen and oxygen atoms in total. The fourth-order valence-corrected chi connectivity index (χ4v) is 11.4. The maximum atomic E-state index is 13.1. The van der Waals surface area contributed by atoms with Crippen LogP contribution in [0.4, 0.5) is 10.3 Å². The average Bonchev–Trinajstić information content (AvgIpc) is 3.95. The molecule has 2 saturated heterocycles. The number of hydrogen-bond acceptors (Lipinski definition) is 13. The molecule has 62 heavy (non-hydrogen) atoms. The molecule has 2 aliphatic rings. The second-order valence-corrected chi connectivity index (χ2v) is 22.0. The van der Waals surface area contributed by atoms with Crippen molar-refractivity contribution in [1.82, 2.24) is 27.3 Å². The standard InChI is InChI=1S/C23H27ClN4O2S2.C21H24N4O3S2/c1-23(2,3)18-6-10-20(11-7-18)32(29,30)28-14-12-27(13-15-28)22-25-21(26-31-22)16-17-4-8-19(24)9-5-17;1-16-3-5-17(6-4-16)15-20-22-21(29-23-20)24-11-13-25(14-12-24)30(26,27)19-9-7-18(28-2)8-10-19/h4-11H,12-16H2,1-3H3;3-10H,11-15H2,1-2H3. The molecular formula is C44H51ClN8O5S4. The zero-order chi connectivity index (χ0) is 44.1. The van der Waals surface area contributed by atoms with Crippen LogP contribution in [0.2, 0.25) is 5.02 Å². The molecule has 2 aromatic heterocycles. The summed E-state index contributed by atoms with van der Waals surface area (Å²) >= 11 is 8.67. The lowest BCUT2D eigenvalue weighted by Crippen LogP contribution is -2.48. The van der Waals surface area contributed by atoms with Gasteiger partial charge in [-0.05, 0) is 77.6 Å². The summed E-state index contributed by atoms with van der Waals surface area (Å²) < 4.78 is 69.2. The van der Waals surface area contributed by atoms with E-state index in [1.54, 1.807) is 47.8 Å². The van der Waals surface area contributed by atoms with Crippen LogP contribution in [-0.4, -0.2) is 104 Å². The molecule has 0 N–H and O–H groups in total. The number of nitrogens with zero attached hydrogens (tertiary/aromatic N) is 8. The molecule has 0 unspecified atom stereocenters. The first-order chi connectivity index (χ1) is 29.6. The van der Waals surface area contributed by atoms with Crippen LogP contribution in [-0.2, 0) is 38.3 Å². The highest BCUT2D eigenvalue weighted by molar-refractivity contribution is 7.89. The first-order valence-corrected chi connectivity index (χ1v) is 25.1. The molecule has 0 spiro atoms. The first-order valence-electron chi connectivity index (χ1n) is 20.3. The average molecular weight is 936 g/mol. The molecule has 4 heterocycles. The summed E-state index contributed by atoms with van der Waals surface area (Å²) in [6.07, 6.45) is 1.34. The van der Waals surface area contributed by atoms with Crippen LogP contribution in [0.3, 0.4) is 0 Å². The molecular weight excluding hydrogens is 884 g/mol. The number of aryl methyl sites for hydroxylation is 1. The summed E-state index contributed by atoms with van der Waals surface area (Å²) in [6.45, 7) is 12.5. The number of ether oxygens (including phenoxy) is 1. The molecule has 0 bridgehead atoms. The zero-order valence-corrected chi connectivity index (χ0v) is 39.5. The van der Waals surface area contributed by atoms with Gasteiger partial charge in [-0.25, -0.2) is 26.8 Å². The van der Waals surface area contributed by atoms with Crippen molar-refractivity contribution < 1.29 is 21.6 Å². The SMILES string of the molecule is CC(C)(C)c1ccc(S(=O)(=O)N2CCN(c3nc(Cc4ccc(Cl)cc4)ns3)CC2)cc1.COc1ccc(S(=O)(=O)N2CCN(c3nc(Cc4ccc(C)cc4)ns3)CC2)cc1. The van der Waals surface area contributed by atoms with Crippen LogP contribution in [0.15, 0.2) is 107 Å². The monoisotopic (exact) mass is 934 g/mol. The first kappa shape index (κ1) is 45.5. The molecule has 2 fully saturated rings.